The molecule has 8 heteroatoms. The maximum atomic E-state index is 11.8. The van der Waals surface area contributed by atoms with Crippen molar-refractivity contribution in [3.8, 4) is 0 Å². The second kappa shape index (κ2) is 7.80. The van der Waals surface area contributed by atoms with Gasteiger partial charge in [-0.05, 0) is 12.1 Å². The number of hydrogen-bond acceptors (Lipinski definition) is 4. The van der Waals surface area contributed by atoms with E-state index in [1.165, 1.54) is 24.5 Å². The molecule has 0 bridgehead atoms. The Labute approximate surface area is 125 Å². The second-order valence-corrected chi connectivity index (χ2v) is 3.19. The van der Waals surface area contributed by atoms with Crippen LogP contribution in [0.1, 0.15) is 10.4 Å². The quantitative estimate of drug-likeness (QED) is 0.662. The molecule has 1 aromatic heterocycles. The fraction of sp³-hybridized carbons (Fsp3) is 0.200. The molecule has 0 aliphatic rings. The summed E-state index contributed by atoms with van der Waals surface area (Å²) in [4.78, 5) is 37.3. The Balaban J connectivity index is 0.00000289. The molecular weight excluding hydrogens is 251 g/mol. The van der Waals surface area contributed by atoms with Gasteiger partial charge in [-0.1, -0.05) is 0 Å². The van der Waals surface area contributed by atoms with E-state index in [4.69, 9.17) is 10.2 Å². The summed E-state index contributed by atoms with van der Waals surface area (Å²) in [5.74, 6) is -3.23. The van der Waals surface area contributed by atoms with Crippen LogP contribution in [-0.2, 0) is 9.59 Å². The molecule has 0 unspecified atom stereocenters. The van der Waals surface area contributed by atoms with Crippen LogP contribution in [0.25, 0.3) is 0 Å². The molecule has 0 radical (unpaired) electrons. The standard InChI is InChI=1S/C10H10N2O5.Na.H/c13-8(14)5-12(6-9(15)16)10(17)7-2-1-3-11-4-7;;/h1-4H,5-6H2,(H,13,14)(H,15,16);;. The monoisotopic (exact) mass is 262 g/mol. The van der Waals surface area contributed by atoms with E-state index < -0.39 is 30.9 Å². The van der Waals surface area contributed by atoms with Gasteiger partial charge in [0.05, 0.1) is 5.56 Å². The molecule has 0 atom stereocenters. The van der Waals surface area contributed by atoms with Crippen LogP contribution < -0.4 is 0 Å². The summed E-state index contributed by atoms with van der Waals surface area (Å²) >= 11 is 0. The van der Waals surface area contributed by atoms with E-state index in [0.717, 1.165) is 4.90 Å². The number of hydrogen-bond donors (Lipinski definition) is 2. The number of rotatable bonds is 5. The van der Waals surface area contributed by atoms with Crippen LogP contribution >= 0.6 is 0 Å². The molecule has 0 aliphatic heterocycles. The summed E-state index contributed by atoms with van der Waals surface area (Å²) in [6.07, 6.45) is 2.70. The van der Waals surface area contributed by atoms with Gasteiger partial charge in [-0.3, -0.25) is 19.4 Å². The van der Waals surface area contributed by atoms with Crippen LogP contribution in [0.3, 0.4) is 0 Å². The third-order valence-electron chi connectivity index (χ3n) is 1.85. The van der Waals surface area contributed by atoms with Crippen molar-refractivity contribution in [2.24, 2.45) is 0 Å². The van der Waals surface area contributed by atoms with Gasteiger partial charge in [-0.2, -0.15) is 0 Å². The summed E-state index contributed by atoms with van der Waals surface area (Å²) in [6.45, 7) is -1.33. The molecule has 0 aromatic carbocycles. The van der Waals surface area contributed by atoms with Crippen LogP contribution in [0.2, 0.25) is 0 Å². The molecule has 0 aliphatic carbocycles. The van der Waals surface area contributed by atoms with E-state index in [9.17, 15) is 14.4 Å². The first-order chi connectivity index (χ1) is 8.00. The molecule has 18 heavy (non-hydrogen) atoms. The summed E-state index contributed by atoms with van der Waals surface area (Å²) in [5.41, 5.74) is 0.148. The zero-order valence-corrected chi connectivity index (χ0v) is 8.74. The second-order valence-electron chi connectivity index (χ2n) is 3.19. The number of carbonyl (C=O) groups is 3. The van der Waals surface area contributed by atoms with Gasteiger partial charge in [0.2, 0.25) is 0 Å². The van der Waals surface area contributed by atoms with Crippen molar-refractivity contribution in [3.05, 3.63) is 30.1 Å². The molecule has 1 rings (SSSR count). The van der Waals surface area contributed by atoms with Crippen LogP contribution in [0.5, 0.6) is 0 Å². The fourth-order valence-corrected chi connectivity index (χ4v) is 1.20. The fourth-order valence-electron chi connectivity index (χ4n) is 1.20. The molecule has 7 nitrogen and oxygen atoms in total. The Bertz CT molecular complexity index is 421. The van der Waals surface area contributed by atoms with Crippen molar-refractivity contribution in [1.29, 1.82) is 0 Å². The number of amides is 1. The zero-order chi connectivity index (χ0) is 12.8. The van der Waals surface area contributed by atoms with Gasteiger partial charge in [0.15, 0.2) is 0 Å². The Kier molecular flexibility index (Phi) is 7.18. The first kappa shape index (κ1) is 16.6. The molecule has 0 saturated carbocycles. The zero-order valence-electron chi connectivity index (χ0n) is 8.74. The van der Waals surface area contributed by atoms with E-state index in [1.54, 1.807) is 0 Å². The number of aromatic nitrogens is 1. The Morgan fingerprint density at radius 1 is 1.17 bits per heavy atom. The van der Waals surface area contributed by atoms with Crippen LogP contribution in [0.15, 0.2) is 24.5 Å². The number of nitrogens with zero attached hydrogens (tertiary/aromatic N) is 2. The van der Waals surface area contributed by atoms with Gasteiger partial charge in [-0.25, -0.2) is 0 Å². The Hall–Kier alpha value is -1.44. The number of carboxylic acids is 2. The van der Waals surface area contributed by atoms with Gasteiger partial charge in [0.25, 0.3) is 5.91 Å². The minimum atomic E-state index is -1.27. The van der Waals surface area contributed by atoms with Gasteiger partial charge in [0, 0.05) is 12.4 Å². The molecule has 0 saturated heterocycles. The molecule has 1 heterocycles. The molecular formula is C10H11N2NaO5. The van der Waals surface area contributed by atoms with Crippen molar-refractivity contribution in [2.75, 3.05) is 13.1 Å². The number of aliphatic carboxylic acids is 2. The average Bonchev–Trinajstić information content (AvgIpc) is 2.27. The molecule has 92 valence electrons. The van der Waals surface area contributed by atoms with E-state index in [1.807, 2.05) is 0 Å². The van der Waals surface area contributed by atoms with Crippen LogP contribution in [0.4, 0.5) is 0 Å². The van der Waals surface area contributed by atoms with Gasteiger partial charge in [0.1, 0.15) is 13.1 Å². The Morgan fingerprint density at radius 3 is 2.11 bits per heavy atom. The van der Waals surface area contributed by atoms with E-state index >= 15 is 0 Å². The van der Waals surface area contributed by atoms with E-state index in [2.05, 4.69) is 4.98 Å². The van der Waals surface area contributed by atoms with Crippen molar-refractivity contribution < 1.29 is 24.6 Å². The predicted molar refractivity (Wildman–Crippen MR) is 62.6 cm³/mol. The molecule has 1 amide bonds. The minimum absolute atomic E-state index is 0. The van der Waals surface area contributed by atoms with Crippen molar-refractivity contribution >= 4 is 47.4 Å². The summed E-state index contributed by atoms with van der Waals surface area (Å²) in [5, 5.41) is 17.2. The van der Waals surface area contributed by atoms with Crippen molar-refractivity contribution in [3.63, 3.8) is 0 Å². The van der Waals surface area contributed by atoms with Gasteiger partial charge >= 0.3 is 41.5 Å². The number of carboxylic acid groups (broad SMARTS) is 2. The average molecular weight is 262 g/mol. The molecule has 1 aromatic rings. The topological polar surface area (TPSA) is 108 Å². The third-order valence-corrected chi connectivity index (χ3v) is 1.85. The summed E-state index contributed by atoms with van der Waals surface area (Å²) in [7, 11) is 0. The number of carbonyl (C=O) groups excluding carboxylic acids is 1. The van der Waals surface area contributed by atoms with Crippen molar-refractivity contribution in [2.45, 2.75) is 0 Å². The van der Waals surface area contributed by atoms with E-state index in [-0.39, 0.29) is 35.1 Å². The van der Waals surface area contributed by atoms with Gasteiger partial charge in [-0.15, -0.1) is 0 Å². The SMILES string of the molecule is O=C(O)CN(CC(=O)O)C(=O)c1cccnc1.[NaH]. The number of pyridine rings is 1. The van der Waals surface area contributed by atoms with Crippen LogP contribution in [-0.4, -0.2) is 80.6 Å². The Morgan fingerprint density at radius 2 is 1.72 bits per heavy atom. The normalized spacial score (nSPS) is 9.11. The first-order valence-corrected chi connectivity index (χ1v) is 4.63. The molecule has 0 fully saturated rings. The molecule has 2 N–H and O–H groups in total. The van der Waals surface area contributed by atoms with Crippen molar-refractivity contribution in [1.82, 2.24) is 9.88 Å². The maximum absolute atomic E-state index is 11.8. The van der Waals surface area contributed by atoms with Gasteiger partial charge < -0.3 is 15.1 Å². The first-order valence-electron chi connectivity index (χ1n) is 4.63. The molecule has 0 spiro atoms. The van der Waals surface area contributed by atoms with Crippen LogP contribution in [0, 0.1) is 0 Å². The summed E-state index contributed by atoms with van der Waals surface area (Å²) in [6, 6.07) is 2.94. The van der Waals surface area contributed by atoms with E-state index in [0.29, 0.717) is 0 Å². The summed E-state index contributed by atoms with van der Waals surface area (Å²) < 4.78 is 0. The predicted octanol–water partition coefficient (Wildman–Crippen LogP) is -0.956. The third kappa shape index (κ3) is 5.26.